The molecule has 0 atom stereocenters. The van der Waals surface area contributed by atoms with Crippen LogP contribution in [0.3, 0.4) is 0 Å². The van der Waals surface area contributed by atoms with Gasteiger partial charge >= 0.3 is 6.03 Å². The fourth-order valence-electron chi connectivity index (χ4n) is 3.24. The molecule has 2 heterocycles. The molecule has 8 nitrogen and oxygen atoms in total. The summed E-state index contributed by atoms with van der Waals surface area (Å²) in [4.78, 5) is 26.3. The quantitative estimate of drug-likeness (QED) is 0.494. The van der Waals surface area contributed by atoms with Crippen molar-refractivity contribution in [3.63, 3.8) is 0 Å². The number of aromatic nitrogens is 2. The fraction of sp³-hybridized carbons (Fsp3) is 0.273. The first-order valence-corrected chi connectivity index (χ1v) is 11.6. The zero-order chi connectivity index (χ0) is 22.3. The molecular weight excluding hydrogens is 450 g/mol. The number of carbonyl (C=O) groups is 2. The number of halogens is 1. The van der Waals surface area contributed by atoms with Crippen LogP contribution in [-0.4, -0.2) is 45.9 Å². The lowest BCUT2D eigenvalue weighted by atomic mass is 10.2. The highest BCUT2D eigenvalue weighted by Crippen LogP contribution is 2.24. The second kappa shape index (κ2) is 10.5. The summed E-state index contributed by atoms with van der Waals surface area (Å²) in [5.74, 6) is 0.360. The van der Waals surface area contributed by atoms with Gasteiger partial charge in [-0.05, 0) is 54.8 Å². The Labute approximate surface area is 194 Å². The maximum absolute atomic E-state index is 12.2. The number of anilines is 1. The Morgan fingerprint density at radius 1 is 1.09 bits per heavy atom. The van der Waals surface area contributed by atoms with Gasteiger partial charge in [-0.3, -0.25) is 4.79 Å². The van der Waals surface area contributed by atoms with Crippen molar-refractivity contribution in [2.24, 2.45) is 0 Å². The summed E-state index contributed by atoms with van der Waals surface area (Å²) in [6.07, 6.45) is 2.09. The molecule has 2 N–H and O–H groups in total. The summed E-state index contributed by atoms with van der Waals surface area (Å²) < 4.78 is 5.59. The third kappa shape index (κ3) is 6.02. The second-order valence-corrected chi connectivity index (χ2v) is 8.63. The van der Waals surface area contributed by atoms with Gasteiger partial charge in [0.05, 0.1) is 5.75 Å². The van der Waals surface area contributed by atoms with Gasteiger partial charge in [0.25, 0.3) is 5.22 Å². The van der Waals surface area contributed by atoms with E-state index < -0.39 is 0 Å². The van der Waals surface area contributed by atoms with Gasteiger partial charge in [-0.15, -0.1) is 10.2 Å². The Kier molecular flexibility index (Phi) is 7.28. The molecule has 1 aliphatic rings. The van der Waals surface area contributed by atoms with Crippen LogP contribution in [0.25, 0.3) is 11.5 Å². The molecule has 166 valence electrons. The van der Waals surface area contributed by atoms with Gasteiger partial charge in [-0.25, -0.2) is 4.79 Å². The smallest absolute Gasteiger partial charge is 0.321 e. The van der Waals surface area contributed by atoms with Crippen molar-refractivity contribution < 1.29 is 14.0 Å². The summed E-state index contributed by atoms with van der Waals surface area (Å²) in [5.41, 5.74) is 2.36. The largest absolute Gasteiger partial charge is 0.411 e. The number of carbonyl (C=O) groups excluding carboxylic acids is 2. The Morgan fingerprint density at radius 2 is 1.88 bits per heavy atom. The monoisotopic (exact) mass is 471 g/mol. The highest BCUT2D eigenvalue weighted by molar-refractivity contribution is 7.99. The van der Waals surface area contributed by atoms with Crippen LogP contribution >= 0.6 is 23.4 Å². The number of rotatable bonds is 7. The molecule has 1 fully saturated rings. The average Bonchev–Trinajstić information content (AvgIpc) is 3.50. The summed E-state index contributed by atoms with van der Waals surface area (Å²) in [5, 5.41) is 14.7. The Balaban J connectivity index is 1.24. The minimum Gasteiger partial charge on any atom is -0.411 e. The van der Waals surface area contributed by atoms with Gasteiger partial charge in [0, 0.05) is 35.9 Å². The molecule has 3 aromatic rings. The number of hydrogen-bond donors (Lipinski definition) is 2. The predicted octanol–water partition coefficient (Wildman–Crippen LogP) is 4.43. The van der Waals surface area contributed by atoms with E-state index in [-0.39, 0.29) is 17.7 Å². The number of thioether (sulfide) groups is 1. The van der Waals surface area contributed by atoms with E-state index in [2.05, 4.69) is 20.8 Å². The van der Waals surface area contributed by atoms with E-state index >= 15 is 0 Å². The fourth-order valence-corrected chi connectivity index (χ4v) is 3.96. The van der Waals surface area contributed by atoms with E-state index in [0.29, 0.717) is 28.4 Å². The zero-order valence-corrected chi connectivity index (χ0v) is 18.8. The van der Waals surface area contributed by atoms with Gasteiger partial charge in [0.1, 0.15) is 0 Å². The first kappa shape index (κ1) is 22.2. The number of nitrogens with zero attached hydrogens (tertiary/aromatic N) is 3. The SMILES string of the molecule is O=C(CSc1nnc(-c2ccc(Cl)cc2)o1)NCc1cccc(NC(=O)N2CCCC2)c1. The van der Waals surface area contributed by atoms with Crippen molar-refractivity contribution >= 4 is 41.0 Å². The number of nitrogens with one attached hydrogen (secondary N) is 2. The van der Waals surface area contributed by atoms with E-state index in [9.17, 15) is 9.59 Å². The van der Waals surface area contributed by atoms with Crippen LogP contribution in [0.2, 0.25) is 5.02 Å². The van der Waals surface area contributed by atoms with Crippen LogP contribution in [0.15, 0.2) is 58.2 Å². The van der Waals surface area contributed by atoms with Crippen molar-refractivity contribution in [2.75, 3.05) is 24.2 Å². The van der Waals surface area contributed by atoms with Crippen LogP contribution in [-0.2, 0) is 11.3 Å². The maximum Gasteiger partial charge on any atom is 0.321 e. The molecular formula is C22H22ClN5O3S. The average molecular weight is 472 g/mol. The van der Waals surface area contributed by atoms with E-state index in [0.717, 1.165) is 37.1 Å². The Hall–Kier alpha value is -3.04. The Morgan fingerprint density at radius 3 is 2.66 bits per heavy atom. The molecule has 1 aromatic heterocycles. The summed E-state index contributed by atoms with van der Waals surface area (Å²) in [7, 11) is 0. The maximum atomic E-state index is 12.2. The first-order valence-electron chi connectivity index (χ1n) is 10.2. The number of urea groups is 1. The molecule has 3 amide bonds. The lowest BCUT2D eigenvalue weighted by Gasteiger charge is -2.16. The third-order valence-corrected chi connectivity index (χ3v) is 5.96. The van der Waals surface area contributed by atoms with Crippen LogP contribution < -0.4 is 10.6 Å². The zero-order valence-electron chi connectivity index (χ0n) is 17.2. The molecule has 32 heavy (non-hydrogen) atoms. The van der Waals surface area contributed by atoms with Crippen LogP contribution in [0.1, 0.15) is 18.4 Å². The molecule has 0 bridgehead atoms. The highest BCUT2D eigenvalue weighted by atomic mass is 35.5. The molecule has 1 aliphatic heterocycles. The van der Waals surface area contributed by atoms with E-state index in [1.807, 2.05) is 29.2 Å². The standard InChI is InChI=1S/C22H22ClN5O3S/c23-17-8-6-16(7-9-17)20-26-27-22(31-20)32-14-19(29)24-13-15-4-3-5-18(12-15)25-21(30)28-10-1-2-11-28/h3-9,12H,1-2,10-11,13-14H2,(H,24,29)(H,25,30). The molecule has 0 saturated carbocycles. The molecule has 4 rings (SSSR count). The van der Waals surface area contributed by atoms with Gasteiger partial charge in [-0.1, -0.05) is 35.5 Å². The van der Waals surface area contributed by atoms with Crippen molar-refractivity contribution in [3.8, 4) is 11.5 Å². The molecule has 0 aliphatic carbocycles. The second-order valence-electron chi connectivity index (χ2n) is 7.27. The lowest BCUT2D eigenvalue weighted by molar-refractivity contribution is -0.118. The molecule has 1 saturated heterocycles. The van der Waals surface area contributed by atoms with E-state index in [1.165, 1.54) is 11.8 Å². The van der Waals surface area contributed by atoms with Crippen molar-refractivity contribution in [1.82, 2.24) is 20.4 Å². The molecule has 0 unspecified atom stereocenters. The first-order chi connectivity index (χ1) is 15.6. The van der Waals surface area contributed by atoms with Crippen molar-refractivity contribution in [3.05, 3.63) is 59.1 Å². The third-order valence-electron chi connectivity index (χ3n) is 4.89. The minimum absolute atomic E-state index is 0.0855. The van der Waals surface area contributed by atoms with Gasteiger partial charge in [0.15, 0.2) is 0 Å². The molecule has 0 radical (unpaired) electrons. The summed E-state index contributed by atoms with van der Waals surface area (Å²) in [6.45, 7) is 1.94. The normalized spacial score (nSPS) is 13.2. The van der Waals surface area contributed by atoms with Gasteiger partial charge in [-0.2, -0.15) is 0 Å². The molecule has 10 heteroatoms. The molecule has 2 aromatic carbocycles. The number of hydrogen-bond acceptors (Lipinski definition) is 6. The predicted molar refractivity (Wildman–Crippen MR) is 124 cm³/mol. The topological polar surface area (TPSA) is 100 Å². The molecule has 0 spiro atoms. The van der Waals surface area contributed by atoms with Gasteiger partial charge in [0.2, 0.25) is 11.8 Å². The van der Waals surface area contributed by atoms with Gasteiger partial charge < -0.3 is 20.0 Å². The number of benzene rings is 2. The highest BCUT2D eigenvalue weighted by Gasteiger charge is 2.17. The minimum atomic E-state index is -0.159. The lowest BCUT2D eigenvalue weighted by Crippen LogP contribution is -2.32. The number of amides is 3. The van der Waals surface area contributed by atoms with Crippen LogP contribution in [0, 0.1) is 0 Å². The van der Waals surface area contributed by atoms with Crippen molar-refractivity contribution in [2.45, 2.75) is 24.6 Å². The number of likely N-dealkylation sites (tertiary alicyclic amines) is 1. The summed E-state index contributed by atoms with van der Waals surface area (Å²) in [6, 6.07) is 14.4. The Bertz CT molecular complexity index is 1080. The van der Waals surface area contributed by atoms with Crippen LogP contribution in [0.5, 0.6) is 0 Å². The van der Waals surface area contributed by atoms with Crippen molar-refractivity contribution in [1.29, 1.82) is 0 Å². The van der Waals surface area contributed by atoms with E-state index in [4.69, 9.17) is 16.0 Å². The van der Waals surface area contributed by atoms with E-state index in [1.54, 1.807) is 24.3 Å². The summed E-state index contributed by atoms with van der Waals surface area (Å²) >= 11 is 7.05. The van der Waals surface area contributed by atoms with Crippen LogP contribution in [0.4, 0.5) is 10.5 Å².